The predicted octanol–water partition coefficient (Wildman–Crippen LogP) is 2.37. The number of benzene rings is 1. The van der Waals surface area contributed by atoms with E-state index in [1.807, 2.05) is 60.2 Å². The van der Waals surface area contributed by atoms with Crippen LogP contribution in [-0.2, 0) is 22.3 Å². The molecule has 0 fully saturated rings. The van der Waals surface area contributed by atoms with Crippen LogP contribution in [0.5, 0.6) is 0 Å². The van der Waals surface area contributed by atoms with Gasteiger partial charge in [-0.05, 0) is 24.6 Å². The zero-order valence-electron chi connectivity index (χ0n) is 14.0. The monoisotopic (exact) mass is 356 g/mol. The summed E-state index contributed by atoms with van der Waals surface area (Å²) >= 11 is 0. The minimum absolute atomic E-state index is 0.0235. The molecule has 1 N–H and O–H groups in total. The minimum Gasteiger partial charge on any atom is -0.328 e. The molecule has 25 heavy (non-hydrogen) atoms. The van der Waals surface area contributed by atoms with Gasteiger partial charge in [0.05, 0.1) is 5.75 Å². The maximum atomic E-state index is 12.2. The van der Waals surface area contributed by atoms with E-state index in [1.54, 1.807) is 12.4 Å². The van der Waals surface area contributed by atoms with Crippen molar-refractivity contribution in [1.29, 1.82) is 0 Å². The molecule has 7 heteroatoms. The average Bonchev–Trinajstić information content (AvgIpc) is 3.06. The van der Waals surface area contributed by atoms with E-state index in [-0.39, 0.29) is 5.75 Å². The van der Waals surface area contributed by atoms with Gasteiger partial charge in [-0.2, -0.15) is 0 Å². The Morgan fingerprint density at radius 1 is 1.04 bits per heavy atom. The topological polar surface area (TPSA) is 76.9 Å². The highest BCUT2D eigenvalue weighted by Gasteiger charge is 2.12. The third-order valence-electron chi connectivity index (χ3n) is 3.76. The largest absolute Gasteiger partial charge is 0.328 e. The van der Waals surface area contributed by atoms with Gasteiger partial charge >= 0.3 is 0 Å². The highest BCUT2D eigenvalue weighted by atomic mass is 32.2. The number of pyridine rings is 1. The fourth-order valence-electron chi connectivity index (χ4n) is 2.49. The number of nitrogens with one attached hydrogen (secondary N) is 1. The SMILES string of the molecule is Cc1ccc(CS(=O)(=O)NCCn2ccnc2-c2ccccn2)cc1. The summed E-state index contributed by atoms with van der Waals surface area (Å²) in [6.45, 7) is 2.75. The third kappa shape index (κ3) is 4.74. The molecule has 0 saturated carbocycles. The molecule has 0 radical (unpaired) electrons. The van der Waals surface area contributed by atoms with E-state index in [9.17, 15) is 8.42 Å². The van der Waals surface area contributed by atoms with E-state index < -0.39 is 10.0 Å². The molecule has 0 bridgehead atoms. The summed E-state index contributed by atoms with van der Waals surface area (Å²) in [5, 5.41) is 0. The van der Waals surface area contributed by atoms with Crippen molar-refractivity contribution >= 4 is 10.0 Å². The zero-order chi connectivity index (χ0) is 17.7. The van der Waals surface area contributed by atoms with Crippen molar-refractivity contribution in [1.82, 2.24) is 19.3 Å². The molecule has 2 heterocycles. The van der Waals surface area contributed by atoms with Gasteiger partial charge in [-0.15, -0.1) is 0 Å². The molecule has 0 unspecified atom stereocenters. The Balaban J connectivity index is 1.60. The van der Waals surface area contributed by atoms with E-state index in [1.165, 1.54) is 0 Å². The summed E-state index contributed by atoms with van der Waals surface area (Å²) in [7, 11) is -3.38. The molecular formula is C18H20N4O2S. The van der Waals surface area contributed by atoms with Crippen LogP contribution < -0.4 is 4.72 Å². The third-order valence-corrected chi connectivity index (χ3v) is 5.12. The number of hydrogen-bond acceptors (Lipinski definition) is 4. The number of rotatable bonds is 7. The van der Waals surface area contributed by atoms with Crippen molar-refractivity contribution in [2.45, 2.75) is 19.2 Å². The van der Waals surface area contributed by atoms with Crippen LogP contribution in [0.25, 0.3) is 11.5 Å². The standard InChI is InChI=1S/C18H20N4O2S/c1-15-5-7-16(8-6-15)14-25(23,24)21-11-13-22-12-10-20-18(22)17-4-2-3-9-19-17/h2-10,12,21H,11,13-14H2,1H3. The van der Waals surface area contributed by atoms with Crippen LogP contribution >= 0.6 is 0 Å². The van der Waals surface area contributed by atoms with Gasteiger partial charge in [0, 0.05) is 31.7 Å². The average molecular weight is 356 g/mol. The lowest BCUT2D eigenvalue weighted by atomic mass is 10.2. The van der Waals surface area contributed by atoms with Crippen molar-refractivity contribution in [2.24, 2.45) is 0 Å². The number of hydrogen-bond donors (Lipinski definition) is 1. The van der Waals surface area contributed by atoms with Gasteiger partial charge in [-0.25, -0.2) is 18.1 Å². The fraction of sp³-hybridized carbons (Fsp3) is 0.222. The lowest BCUT2D eigenvalue weighted by molar-refractivity contribution is 0.572. The maximum absolute atomic E-state index is 12.2. The molecule has 0 saturated heterocycles. The maximum Gasteiger partial charge on any atom is 0.215 e. The fourth-order valence-corrected chi connectivity index (χ4v) is 3.63. The highest BCUT2D eigenvalue weighted by Crippen LogP contribution is 2.13. The second kappa shape index (κ2) is 7.58. The molecule has 0 spiro atoms. The molecule has 3 aromatic rings. The molecular weight excluding hydrogens is 336 g/mol. The predicted molar refractivity (Wildman–Crippen MR) is 97.3 cm³/mol. The van der Waals surface area contributed by atoms with Gasteiger partial charge in [0.1, 0.15) is 5.69 Å². The van der Waals surface area contributed by atoms with E-state index in [2.05, 4.69) is 14.7 Å². The lowest BCUT2D eigenvalue weighted by Crippen LogP contribution is -2.28. The first kappa shape index (κ1) is 17.3. The van der Waals surface area contributed by atoms with E-state index >= 15 is 0 Å². The van der Waals surface area contributed by atoms with Crippen LogP contribution in [0.15, 0.2) is 61.1 Å². The van der Waals surface area contributed by atoms with Gasteiger partial charge in [0.2, 0.25) is 10.0 Å². The Hall–Kier alpha value is -2.51. The van der Waals surface area contributed by atoms with E-state index in [0.717, 1.165) is 22.6 Å². The molecule has 1 aromatic carbocycles. The number of sulfonamides is 1. The Kier molecular flexibility index (Phi) is 5.25. The van der Waals surface area contributed by atoms with Crippen molar-refractivity contribution in [3.05, 3.63) is 72.2 Å². The number of aryl methyl sites for hydroxylation is 1. The smallest absolute Gasteiger partial charge is 0.215 e. The van der Waals surface area contributed by atoms with Crippen LogP contribution in [0.3, 0.4) is 0 Å². The van der Waals surface area contributed by atoms with Gasteiger partial charge in [-0.3, -0.25) is 4.98 Å². The van der Waals surface area contributed by atoms with Crippen molar-refractivity contribution in [2.75, 3.05) is 6.54 Å². The van der Waals surface area contributed by atoms with Crippen LogP contribution in [0.2, 0.25) is 0 Å². The molecule has 0 atom stereocenters. The van der Waals surface area contributed by atoms with Crippen LogP contribution in [0.4, 0.5) is 0 Å². The lowest BCUT2D eigenvalue weighted by Gasteiger charge is -2.10. The minimum atomic E-state index is -3.38. The Labute approximate surface area is 147 Å². The second-order valence-electron chi connectivity index (χ2n) is 5.80. The molecule has 0 aliphatic carbocycles. The molecule has 130 valence electrons. The summed E-state index contributed by atoms with van der Waals surface area (Å²) in [4.78, 5) is 8.58. The number of imidazole rings is 1. The Bertz CT molecular complexity index is 919. The number of nitrogens with zero attached hydrogens (tertiary/aromatic N) is 3. The zero-order valence-corrected chi connectivity index (χ0v) is 14.8. The first-order valence-electron chi connectivity index (χ1n) is 7.99. The van der Waals surface area contributed by atoms with Gasteiger partial charge in [0.15, 0.2) is 5.82 Å². The normalized spacial score (nSPS) is 11.6. The molecule has 6 nitrogen and oxygen atoms in total. The van der Waals surface area contributed by atoms with Gasteiger partial charge in [0.25, 0.3) is 0 Å². The Morgan fingerprint density at radius 3 is 2.56 bits per heavy atom. The first-order valence-corrected chi connectivity index (χ1v) is 9.64. The number of aromatic nitrogens is 3. The van der Waals surface area contributed by atoms with E-state index in [4.69, 9.17) is 0 Å². The molecule has 0 aliphatic rings. The molecule has 0 amide bonds. The van der Waals surface area contributed by atoms with Gasteiger partial charge < -0.3 is 4.57 Å². The summed E-state index contributed by atoms with van der Waals surface area (Å²) < 4.78 is 29.0. The van der Waals surface area contributed by atoms with Crippen molar-refractivity contribution < 1.29 is 8.42 Å². The first-order chi connectivity index (χ1) is 12.0. The molecule has 2 aromatic heterocycles. The quantitative estimate of drug-likeness (QED) is 0.705. The van der Waals surface area contributed by atoms with Crippen molar-refractivity contribution in [3.63, 3.8) is 0 Å². The summed E-state index contributed by atoms with van der Waals surface area (Å²) in [6.07, 6.45) is 5.21. The molecule has 0 aliphatic heterocycles. The summed E-state index contributed by atoms with van der Waals surface area (Å²) in [5.74, 6) is 0.697. The van der Waals surface area contributed by atoms with Crippen molar-refractivity contribution in [3.8, 4) is 11.5 Å². The Morgan fingerprint density at radius 2 is 1.84 bits per heavy atom. The van der Waals surface area contributed by atoms with Crippen LogP contribution in [0.1, 0.15) is 11.1 Å². The second-order valence-corrected chi connectivity index (χ2v) is 7.61. The van der Waals surface area contributed by atoms with Gasteiger partial charge in [-0.1, -0.05) is 35.9 Å². The van der Waals surface area contributed by atoms with Crippen LogP contribution in [0, 0.1) is 6.92 Å². The summed E-state index contributed by atoms with van der Waals surface area (Å²) in [6, 6.07) is 13.1. The van der Waals surface area contributed by atoms with E-state index in [0.29, 0.717) is 13.1 Å². The highest BCUT2D eigenvalue weighted by molar-refractivity contribution is 7.88. The molecule has 3 rings (SSSR count). The van der Waals surface area contributed by atoms with Crippen LogP contribution in [-0.4, -0.2) is 29.5 Å². The summed E-state index contributed by atoms with van der Waals surface area (Å²) in [5.41, 5.74) is 2.64.